The van der Waals surface area contributed by atoms with Crippen LogP contribution in [0.2, 0.25) is 0 Å². The summed E-state index contributed by atoms with van der Waals surface area (Å²) in [6, 6.07) is 12.5. The van der Waals surface area contributed by atoms with Crippen LogP contribution in [0.1, 0.15) is 29.0 Å². The van der Waals surface area contributed by atoms with Crippen LogP contribution in [0.3, 0.4) is 0 Å². The number of ether oxygens (including phenoxy) is 1. The number of halogens is 2. The molecule has 0 bridgehead atoms. The van der Waals surface area contributed by atoms with Gasteiger partial charge in [-0.05, 0) is 54.3 Å². The van der Waals surface area contributed by atoms with Crippen molar-refractivity contribution in [1.29, 1.82) is 0 Å². The van der Waals surface area contributed by atoms with Crippen LogP contribution in [0.15, 0.2) is 46.9 Å². The first-order valence-electron chi connectivity index (χ1n) is 7.90. The van der Waals surface area contributed by atoms with Crippen LogP contribution >= 0.6 is 15.9 Å². The summed E-state index contributed by atoms with van der Waals surface area (Å²) < 4.78 is 19.9. The van der Waals surface area contributed by atoms with E-state index in [-0.39, 0.29) is 18.2 Å². The monoisotopic (exact) mass is 409 g/mol. The second kappa shape index (κ2) is 9.08. The second-order valence-electron chi connectivity index (χ2n) is 5.95. The molecule has 2 aromatic rings. The van der Waals surface area contributed by atoms with Crippen LogP contribution in [0.25, 0.3) is 0 Å². The van der Waals surface area contributed by atoms with Gasteiger partial charge in [-0.15, -0.1) is 0 Å². The molecule has 0 fully saturated rings. The van der Waals surface area contributed by atoms with Crippen molar-refractivity contribution in [1.82, 2.24) is 5.48 Å². The van der Waals surface area contributed by atoms with E-state index >= 15 is 0 Å². The van der Waals surface area contributed by atoms with Crippen molar-refractivity contribution in [2.75, 3.05) is 7.11 Å². The lowest BCUT2D eigenvalue weighted by atomic mass is 9.84. The van der Waals surface area contributed by atoms with Gasteiger partial charge in [0.1, 0.15) is 5.82 Å². The van der Waals surface area contributed by atoms with Gasteiger partial charge in [-0.1, -0.05) is 34.1 Å². The predicted molar refractivity (Wildman–Crippen MR) is 97.1 cm³/mol. The zero-order valence-corrected chi connectivity index (χ0v) is 15.7. The Morgan fingerprint density at radius 1 is 1.28 bits per heavy atom. The maximum atomic E-state index is 13.4. The summed E-state index contributed by atoms with van der Waals surface area (Å²) in [5.41, 5.74) is 4.49. The summed E-state index contributed by atoms with van der Waals surface area (Å²) in [6.07, 6.45) is 0.177. The van der Waals surface area contributed by atoms with Crippen LogP contribution in [0.5, 0.6) is 0 Å². The van der Waals surface area contributed by atoms with Crippen molar-refractivity contribution in [3.05, 3.63) is 69.4 Å². The highest BCUT2D eigenvalue weighted by Crippen LogP contribution is 2.30. The fraction of sp³-hybridized carbons (Fsp3) is 0.316. The molecule has 0 aliphatic carbocycles. The standard InChI is InChI=1S/C19H21BrFNO3/c1-12-9-16(21)8-5-14(12)10-17(13-3-6-15(20)7-4-13)18(25-2)11-19(23)22-24/h3-9,17-18,24H,10-11H2,1-2H3,(H,22,23). The summed E-state index contributed by atoms with van der Waals surface area (Å²) in [5, 5.41) is 8.83. The first-order chi connectivity index (χ1) is 11.9. The first-order valence-corrected chi connectivity index (χ1v) is 8.70. The van der Waals surface area contributed by atoms with Crippen LogP contribution < -0.4 is 5.48 Å². The van der Waals surface area contributed by atoms with Crippen molar-refractivity contribution in [2.45, 2.75) is 31.8 Å². The minimum atomic E-state index is -0.509. The lowest BCUT2D eigenvalue weighted by Crippen LogP contribution is -2.31. The largest absolute Gasteiger partial charge is 0.380 e. The molecule has 1 amide bonds. The summed E-state index contributed by atoms with van der Waals surface area (Å²) in [4.78, 5) is 11.6. The lowest BCUT2D eigenvalue weighted by Gasteiger charge is -2.27. The molecule has 2 aromatic carbocycles. The summed E-state index contributed by atoms with van der Waals surface area (Å²) in [7, 11) is 1.54. The Hall–Kier alpha value is -1.76. The number of amides is 1. The van der Waals surface area contributed by atoms with Gasteiger partial charge in [-0.25, -0.2) is 9.87 Å². The molecule has 0 saturated carbocycles. The van der Waals surface area contributed by atoms with Gasteiger partial charge in [0.25, 0.3) is 0 Å². The summed E-state index contributed by atoms with van der Waals surface area (Å²) >= 11 is 3.42. The third kappa shape index (κ3) is 5.36. The van der Waals surface area contributed by atoms with E-state index in [1.807, 2.05) is 31.2 Å². The zero-order chi connectivity index (χ0) is 18.4. The Labute approximate surface area is 155 Å². The van der Waals surface area contributed by atoms with E-state index in [1.165, 1.54) is 12.1 Å². The average Bonchev–Trinajstić information content (AvgIpc) is 2.60. The predicted octanol–water partition coefficient (Wildman–Crippen LogP) is 4.13. The van der Waals surface area contributed by atoms with Crippen LogP contribution in [0, 0.1) is 12.7 Å². The van der Waals surface area contributed by atoms with Crippen molar-refractivity contribution < 1.29 is 19.1 Å². The SMILES string of the molecule is COC(CC(=O)NO)C(Cc1ccc(F)cc1C)c1ccc(Br)cc1. The van der Waals surface area contributed by atoms with Gasteiger partial charge >= 0.3 is 0 Å². The number of carbonyl (C=O) groups is 1. The number of hydrogen-bond donors (Lipinski definition) is 2. The number of carbonyl (C=O) groups excluding carboxylic acids is 1. The van der Waals surface area contributed by atoms with E-state index in [0.29, 0.717) is 6.42 Å². The first kappa shape index (κ1) is 19.6. The molecule has 2 rings (SSSR count). The van der Waals surface area contributed by atoms with Crippen molar-refractivity contribution in [2.24, 2.45) is 0 Å². The van der Waals surface area contributed by atoms with E-state index in [1.54, 1.807) is 18.7 Å². The van der Waals surface area contributed by atoms with Crippen LogP contribution in [-0.2, 0) is 16.0 Å². The molecule has 134 valence electrons. The Bertz CT molecular complexity index is 721. The topological polar surface area (TPSA) is 58.6 Å². The molecule has 0 aliphatic rings. The molecule has 0 heterocycles. The van der Waals surface area contributed by atoms with E-state index in [2.05, 4.69) is 15.9 Å². The highest BCUT2D eigenvalue weighted by atomic mass is 79.9. The summed E-state index contributed by atoms with van der Waals surface area (Å²) in [5.74, 6) is -0.909. The van der Waals surface area contributed by atoms with Crippen LogP contribution in [0.4, 0.5) is 4.39 Å². The van der Waals surface area contributed by atoms with Gasteiger partial charge in [0.15, 0.2) is 0 Å². The Kier molecular flexibility index (Phi) is 7.11. The van der Waals surface area contributed by atoms with Gasteiger partial charge in [0.2, 0.25) is 5.91 Å². The number of benzene rings is 2. The number of rotatable bonds is 7. The van der Waals surface area contributed by atoms with E-state index in [4.69, 9.17) is 9.94 Å². The fourth-order valence-corrected chi connectivity index (χ4v) is 3.18. The number of methoxy groups -OCH3 is 1. The molecule has 0 aliphatic heterocycles. The van der Waals surface area contributed by atoms with Gasteiger partial charge in [0.05, 0.1) is 12.5 Å². The molecule has 0 aromatic heterocycles. The minimum Gasteiger partial charge on any atom is -0.380 e. The fourth-order valence-electron chi connectivity index (χ4n) is 2.92. The molecule has 2 atom stereocenters. The Balaban J connectivity index is 2.36. The Morgan fingerprint density at radius 3 is 2.52 bits per heavy atom. The molecule has 6 heteroatoms. The molecule has 2 unspecified atom stereocenters. The number of aryl methyl sites for hydroxylation is 1. The van der Waals surface area contributed by atoms with Gasteiger partial charge in [-0.3, -0.25) is 10.0 Å². The molecule has 0 saturated heterocycles. The molecular formula is C19H21BrFNO3. The smallest absolute Gasteiger partial charge is 0.245 e. The van der Waals surface area contributed by atoms with Gasteiger partial charge < -0.3 is 4.74 Å². The highest BCUT2D eigenvalue weighted by molar-refractivity contribution is 9.10. The average molecular weight is 410 g/mol. The van der Waals surface area contributed by atoms with E-state index < -0.39 is 12.0 Å². The van der Waals surface area contributed by atoms with Crippen LogP contribution in [-0.4, -0.2) is 24.3 Å². The lowest BCUT2D eigenvalue weighted by molar-refractivity contribution is -0.132. The molecule has 4 nitrogen and oxygen atoms in total. The number of nitrogens with one attached hydrogen (secondary N) is 1. The molecular weight excluding hydrogens is 389 g/mol. The maximum absolute atomic E-state index is 13.4. The van der Waals surface area contributed by atoms with Crippen molar-refractivity contribution in [3.8, 4) is 0 Å². The van der Waals surface area contributed by atoms with Gasteiger partial charge in [0, 0.05) is 17.5 Å². The number of hydrogen-bond acceptors (Lipinski definition) is 3. The maximum Gasteiger partial charge on any atom is 0.245 e. The van der Waals surface area contributed by atoms with E-state index in [0.717, 1.165) is 21.2 Å². The zero-order valence-electron chi connectivity index (χ0n) is 14.1. The molecule has 0 spiro atoms. The number of hydroxylamine groups is 1. The molecule has 0 radical (unpaired) electrons. The quantitative estimate of drug-likeness (QED) is 0.533. The van der Waals surface area contributed by atoms with Gasteiger partial charge in [-0.2, -0.15) is 0 Å². The van der Waals surface area contributed by atoms with E-state index in [9.17, 15) is 9.18 Å². The third-order valence-electron chi connectivity index (χ3n) is 4.31. The molecule has 2 N–H and O–H groups in total. The minimum absolute atomic E-state index is 0.0218. The Morgan fingerprint density at radius 2 is 1.96 bits per heavy atom. The molecule has 25 heavy (non-hydrogen) atoms. The second-order valence-corrected chi connectivity index (χ2v) is 6.86. The normalized spacial score (nSPS) is 13.3. The third-order valence-corrected chi connectivity index (χ3v) is 4.83. The van der Waals surface area contributed by atoms with Crippen molar-refractivity contribution >= 4 is 21.8 Å². The highest BCUT2D eigenvalue weighted by Gasteiger charge is 2.26. The summed E-state index contributed by atoms with van der Waals surface area (Å²) in [6.45, 7) is 1.86. The van der Waals surface area contributed by atoms with Crippen molar-refractivity contribution in [3.63, 3.8) is 0 Å².